The van der Waals surface area contributed by atoms with Crippen molar-refractivity contribution < 1.29 is 0 Å². The number of hydrogen-bond donors (Lipinski definition) is 0. The van der Waals surface area contributed by atoms with Gasteiger partial charge in [-0.15, -0.1) is 0 Å². The number of aromatic nitrogens is 2. The van der Waals surface area contributed by atoms with E-state index in [2.05, 4.69) is 36.2 Å². The first-order chi connectivity index (χ1) is 4.58. The highest BCUT2D eigenvalue weighted by molar-refractivity contribution is 6.37. The maximum atomic E-state index is 4.00. The molecule has 0 saturated carbocycles. The van der Waals surface area contributed by atoms with E-state index in [4.69, 9.17) is 0 Å². The molecule has 0 fully saturated rings. The summed E-state index contributed by atoms with van der Waals surface area (Å²) >= 11 is 0. The zero-order valence-electron chi connectivity index (χ0n) is 6.83. The molecule has 0 spiro atoms. The first-order valence-electron chi connectivity index (χ1n) is 3.54. The van der Waals surface area contributed by atoms with Gasteiger partial charge >= 0.3 is 0 Å². The largest absolute Gasteiger partial charge is 0.370 e. The third-order valence-corrected chi connectivity index (χ3v) is 2.90. The molecule has 0 atom stereocenters. The Labute approximate surface area is 64.2 Å². The van der Waals surface area contributed by atoms with Crippen LogP contribution in [0.1, 0.15) is 20.8 Å². The second kappa shape index (κ2) is 2.58. The lowest BCUT2D eigenvalue weighted by molar-refractivity contribution is 0.739. The van der Waals surface area contributed by atoms with E-state index in [0.29, 0.717) is 5.04 Å². The SMILES string of the molecule is CC(C)(C)[SiH2]n1ccnc1. The Bertz CT molecular complexity index is 186. The highest BCUT2D eigenvalue weighted by atomic mass is 28.2. The Hall–Kier alpha value is -0.573. The van der Waals surface area contributed by atoms with Gasteiger partial charge < -0.3 is 4.23 Å². The van der Waals surface area contributed by atoms with Gasteiger partial charge in [0.05, 0.1) is 6.33 Å². The van der Waals surface area contributed by atoms with E-state index < -0.39 is 0 Å². The van der Waals surface area contributed by atoms with E-state index in [1.54, 1.807) is 0 Å². The molecule has 3 heteroatoms. The molecule has 0 amide bonds. The molecule has 0 aromatic carbocycles. The molecule has 10 heavy (non-hydrogen) atoms. The second-order valence-electron chi connectivity index (χ2n) is 3.80. The maximum Gasteiger partial charge on any atom is 0.136 e. The average molecular weight is 154 g/mol. The lowest BCUT2D eigenvalue weighted by atomic mass is 10.3. The van der Waals surface area contributed by atoms with Crippen molar-refractivity contribution in [3.05, 3.63) is 18.7 Å². The highest BCUT2D eigenvalue weighted by Crippen LogP contribution is 2.19. The Morgan fingerprint density at radius 1 is 1.40 bits per heavy atom. The van der Waals surface area contributed by atoms with Crippen molar-refractivity contribution in [2.45, 2.75) is 25.8 Å². The number of nitrogens with zero attached hydrogens (tertiary/aromatic N) is 2. The van der Waals surface area contributed by atoms with Crippen LogP contribution in [-0.4, -0.2) is 18.9 Å². The molecule has 0 aliphatic rings. The first-order valence-corrected chi connectivity index (χ1v) is 4.88. The van der Waals surface area contributed by atoms with E-state index in [-0.39, 0.29) is 9.68 Å². The van der Waals surface area contributed by atoms with Crippen LogP contribution in [0.2, 0.25) is 5.04 Å². The summed E-state index contributed by atoms with van der Waals surface area (Å²) in [7, 11) is -0.177. The molecule has 0 N–H and O–H groups in total. The molecule has 0 unspecified atom stereocenters. The van der Waals surface area contributed by atoms with E-state index >= 15 is 0 Å². The Kier molecular flexibility index (Phi) is 1.94. The molecule has 2 nitrogen and oxygen atoms in total. The first kappa shape index (κ1) is 7.53. The lowest BCUT2D eigenvalue weighted by Gasteiger charge is -2.16. The summed E-state index contributed by atoms with van der Waals surface area (Å²) in [6.45, 7) is 6.83. The van der Waals surface area contributed by atoms with Gasteiger partial charge in [0.2, 0.25) is 0 Å². The Morgan fingerprint density at radius 2 is 2.10 bits per heavy atom. The molecule has 1 heterocycles. The number of imidazole rings is 1. The van der Waals surface area contributed by atoms with Crippen LogP contribution in [0.4, 0.5) is 0 Å². The zero-order valence-corrected chi connectivity index (χ0v) is 8.25. The van der Waals surface area contributed by atoms with Gasteiger partial charge in [0, 0.05) is 12.4 Å². The molecule has 56 valence electrons. The van der Waals surface area contributed by atoms with Gasteiger partial charge in [0.15, 0.2) is 0 Å². The van der Waals surface area contributed by atoms with Crippen molar-refractivity contribution in [1.82, 2.24) is 9.22 Å². The van der Waals surface area contributed by atoms with Gasteiger partial charge in [-0.1, -0.05) is 20.8 Å². The van der Waals surface area contributed by atoms with Gasteiger partial charge in [-0.25, -0.2) is 4.98 Å². The van der Waals surface area contributed by atoms with Crippen molar-refractivity contribution >= 4 is 9.68 Å². The van der Waals surface area contributed by atoms with Crippen LogP contribution >= 0.6 is 0 Å². The van der Waals surface area contributed by atoms with Gasteiger partial charge in [-0.05, 0) is 5.04 Å². The summed E-state index contributed by atoms with van der Waals surface area (Å²) in [6.07, 6.45) is 5.81. The van der Waals surface area contributed by atoms with E-state index in [0.717, 1.165) is 0 Å². The molecule has 1 aromatic rings. The minimum atomic E-state index is -0.177. The summed E-state index contributed by atoms with van der Waals surface area (Å²) < 4.78 is 2.24. The van der Waals surface area contributed by atoms with Crippen LogP contribution in [0.25, 0.3) is 0 Å². The fourth-order valence-corrected chi connectivity index (χ4v) is 2.40. The summed E-state index contributed by atoms with van der Waals surface area (Å²) in [4.78, 5) is 4.00. The van der Waals surface area contributed by atoms with Gasteiger partial charge in [0.25, 0.3) is 0 Å². The molecule has 1 aromatic heterocycles. The van der Waals surface area contributed by atoms with Crippen molar-refractivity contribution in [2.24, 2.45) is 0 Å². The van der Waals surface area contributed by atoms with E-state index in [1.165, 1.54) is 0 Å². The third-order valence-electron chi connectivity index (χ3n) is 1.22. The van der Waals surface area contributed by atoms with Gasteiger partial charge in [-0.2, -0.15) is 0 Å². The second-order valence-corrected chi connectivity index (χ2v) is 6.96. The number of hydrogen-bond acceptors (Lipinski definition) is 1. The Balaban J connectivity index is 2.57. The summed E-state index contributed by atoms with van der Waals surface area (Å²) in [5, 5.41) is 0.487. The predicted molar refractivity (Wildman–Crippen MR) is 45.9 cm³/mol. The quantitative estimate of drug-likeness (QED) is 0.553. The molecule has 0 radical (unpaired) electrons. The molecule has 0 aliphatic heterocycles. The fraction of sp³-hybridized carbons (Fsp3) is 0.571. The lowest BCUT2D eigenvalue weighted by Crippen LogP contribution is -2.16. The molecular formula is C7H14N2Si. The minimum Gasteiger partial charge on any atom is -0.370 e. The predicted octanol–water partition coefficient (Wildman–Crippen LogP) is 1.03. The molecular weight excluding hydrogens is 140 g/mol. The van der Waals surface area contributed by atoms with Crippen molar-refractivity contribution in [2.75, 3.05) is 0 Å². The van der Waals surface area contributed by atoms with E-state index in [9.17, 15) is 0 Å². The van der Waals surface area contributed by atoms with Crippen molar-refractivity contribution in [1.29, 1.82) is 0 Å². The van der Waals surface area contributed by atoms with Crippen LogP contribution in [-0.2, 0) is 0 Å². The molecule has 1 rings (SSSR count). The summed E-state index contributed by atoms with van der Waals surface area (Å²) in [5.41, 5.74) is 0. The van der Waals surface area contributed by atoms with Crippen molar-refractivity contribution in [3.8, 4) is 0 Å². The van der Waals surface area contributed by atoms with Crippen molar-refractivity contribution in [3.63, 3.8) is 0 Å². The van der Waals surface area contributed by atoms with Gasteiger partial charge in [0.1, 0.15) is 9.68 Å². The zero-order chi connectivity index (χ0) is 7.61. The average Bonchev–Trinajstić information content (AvgIpc) is 2.12. The third kappa shape index (κ3) is 2.35. The van der Waals surface area contributed by atoms with Gasteiger partial charge in [-0.3, -0.25) is 0 Å². The van der Waals surface area contributed by atoms with Crippen LogP contribution in [0.3, 0.4) is 0 Å². The van der Waals surface area contributed by atoms with Crippen LogP contribution in [0.15, 0.2) is 18.7 Å². The van der Waals surface area contributed by atoms with Crippen LogP contribution < -0.4 is 0 Å². The molecule has 0 aliphatic carbocycles. The van der Waals surface area contributed by atoms with Crippen LogP contribution in [0.5, 0.6) is 0 Å². The number of rotatable bonds is 1. The normalized spacial score (nSPS) is 13.1. The summed E-state index contributed by atoms with van der Waals surface area (Å²) in [6, 6.07) is 0. The topological polar surface area (TPSA) is 17.8 Å². The summed E-state index contributed by atoms with van der Waals surface area (Å²) in [5.74, 6) is 0. The molecule has 0 bridgehead atoms. The van der Waals surface area contributed by atoms with E-state index in [1.807, 2.05) is 12.5 Å². The van der Waals surface area contributed by atoms with Crippen LogP contribution in [0, 0.1) is 0 Å². The maximum absolute atomic E-state index is 4.00. The fourth-order valence-electron chi connectivity index (χ4n) is 0.928. The smallest absolute Gasteiger partial charge is 0.136 e. The minimum absolute atomic E-state index is 0.177. The standard InChI is InChI=1S/C7H14N2Si/c1-7(2,3)10-9-5-4-8-6-9/h4-6H,10H2,1-3H3. The highest BCUT2D eigenvalue weighted by Gasteiger charge is 2.10. The molecule has 0 saturated heterocycles. The monoisotopic (exact) mass is 154 g/mol. The Morgan fingerprint density at radius 3 is 2.50 bits per heavy atom.